The third-order valence-corrected chi connectivity index (χ3v) is 3.52. The largest absolute Gasteiger partial charge is 0.425 e. The first-order chi connectivity index (χ1) is 8.66. The van der Waals surface area contributed by atoms with Gasteiger partial charge in [-0.3, -0.25) is 4.79 Å². The smallest absolute Gasteiger partial charge is 0.323 e. The highest BCUT2D eigenvalue weighted by Crippen LogP contribution is 2.40. The molecule has 2 nitrogen and oxygen atoms in total. The fraction of sp³-hybridized carbons (Fsp3) is 0.188. The number of esters is 1. The van der Waals surface area contributed by atoms with Crippen molar-refractivity contribution in [2.45, 2.75) is 19.8 Å². The fourth-order valence-corrected chi connectivity index (χ4v) is 2.38. The first kappa shape index (κ1) is 11.0. The lowest BCUT2D eigenvalue weighted by Gasteiger charge is -2.08. The molecule has 0 fully saturated rings. The first-order valence-electron chi connectivity index (χ1n) is 6.04. The van der Waals surface area contributed by atoms with E-state index in [1.807, 2.05) is 43.3 Å². The molecule has 1 aliphatic heterocycles. The number of ether oxygens (including phenoxy) is 1. The molecule has 0 N–H and O–H groups in total. The molecule has 0 aromatic heterocycles. The second-order valence-electron chi connectivity index (χ2n) is 4.74. The van der Waals surface area contributed by atoms with E-state index in [-0.39, 0.29) is 11.9 Å². The number of aryl methyl sites for hydroxylation is 2. The quantitative estimate of drug-likeness (QED) is 0.562. The van der Waals surface area contributed by atoms with Crippen molar-refractivity contribution in [1.82, 2.24) is 0 Å². The van der Waals surface area contributed by atoms with Crippen molar-refractivity contribution in [3.05, 3.63) is 64.7 Å². The second kappa shape index (κ2) is 3.98. The van der Waals surface area contributed by atoms with Gasteiger partial charge in [0.05, 0.1) is 0 Å². The lowest BCUT2D eigenvalue weighted by atomic mass is 9.91. The molecule has 0 amide bonds. The predicted molar refractivity (Wildman–Crippen MR) is 69.8 cm³/mol. The maximum atomic E-state index is 12.0. The first-order valence-corrected chi connectivity index (χ1v) is 6.04. The summed E-state index contributed by atoms with van der Waals surface area (Å²) >= 11 is 0. The van der Waals surface area contributed by atoms with E-state index in [1.54, 1.807) is 0 Å². The average Bonchev–Trinajstić information content (AvgIpc) is 2.66. The highest BCUT2D eigenvalue weighted by Gasteiger charge is 2.34. The minimum atomic E-state index is -0.277. The Morgan fingerprint density at radius 2 is 1.67 bits per heavy atom. The van der Waals surface area contributed by atoms with E-state index in [2.05, 4.69) is 13.0 Å². The molecule has 90 valence electrons. The van der Waals surface area contributed by atoms with Gasteiger partial charge in [0.25, 0.3) is 0 Å². The van der Waals surface area contributed by atoms with Gasteiger partial charge in [0.2, 0.25) is 0 Å². The summed E-state index contributed by atoms with van der Waals surface area (Å²) in [5.74, 6) is 0.249. The summed E-state index contributed by atoms with van der Waals surface area (Å²) in [4.78, 5) is 12.0. The second-order valence-corrected chi connectivity index (χ2v) is 4.74. The van der Waals surface area contributed by atoms with Crippen LogP contribution < -0.4 is 4.74 Å². The third kappa shape index (κ3) is 1.61. The van der Waals surface area contributed by atoms with Gasteiger partial charge >= 0.3 is 5.97 Å². The van der Waals surface area contributed by atoms with Crippen molar-refractivity contribution >= 4 is 5.97 Å². The van der Waals surface area contributed by atoms with Gasteiger partial charge in [-0.1, -0.05) is 36.4 Å². The summed E-state index contributed by atoms with van der Waals surface area (Å²) in [6, 6.07) is 13.8. The van der Waals surface area contributed by atoms with E-state index in [9.17, 15) is 4.79 Å². The Balaban J connectivity index is 2.15. The maximum Gasteiger partial charge on any atom is 0.323 e. The number of hydrogen-bond donors (Lipinski definition) is 0. The zero-order chi connectivity index (χ0) is 12.7. The van der Waals surface area contributed by atoms with Crippen LogP contribution in [-0.2, 0) is 4.79 Å². The molecule has 3 rings (SSSR count). The summed E-state index contributed by atoms with van der Waals surface area (Å²) in [7, 11) is 0. The van der Waals surface area contributed by atoms with E-state index < -0.39 is 0 Å². The Kier molecular flexibility index (Phi) is 2.44. The number of benzene rings is 2. The van der Waals surface area contributed by atoms with Crippen molar-refractivity contribution in [3.8, 4) is 5.75 Å². The van der Waals surface area contributed by atoms with Crippen LogP contribution in [0.5, 0.6) is 5.75 Å². The van der Waals surface area contributed by atoms with Gasteiger partial charge < -0.3 is 4.74 Å². The molecule has 0 saturated carbocycles. The summed E-state index contributed by atoms with van der Waals surface area (Å²) in [5.41, 5.74) is 4.31. The molecule has 2 heteroatoms. The van der Waals surface area contributed by atoms with Gasteiger partial charge in [-0.05, 0) is 36.6 Å². The van der Waals surface area contributed by atoms with Crippen molar-refractivity contribution < 1.29 is 9.53 Å². The topological polar surface area (TPSA) is 26.3 Å². The Hall–Kier alpha value is -2.09. The van der Waals surface area contributed by atoms with E-state index in [0.29, 0.717) is 5.75 Å². The normalized spacial score (nSPS) is 17.4. The summed E-state index contributed by atoms with van der Waals surface area (Å²) in [5, 5.41) is 0. The number of fused-ring (bicyclic) bond motifs is 1. The molecule has 18 heavy (non-hydrogen) atoms. The zero-order valence-electron chi connectivity index (χ0n) is 10.4. The number of carbonyl (C=O) groups excluding carboxylic acids is 1. The summed E-state index contributed by atoms with van der Waals surface area (Å²) in [6.45, 7) is 4.08. The Labute approximate surface area is 106 Å². The van der Waals surface area contributed by atoms with Crippen molar-refractivity contribution in [2.75, 3.05) is 0 Å². The van der Waals surface area contributed by atoms with Crippen LogP contribution in [0.2, 0.25) is 0 Å². The third-order valence-electron chi connectivity index (χ3n) is 3.52. The monoisotopic (exact) mass is 238 g/mol. The predicted octanol–water partition coefficient (Wildman–Crippen LogP) is 3.35. The Bertz CT molecular complexity index is 614. The van der Waals surface area contributed by atoms with Crippen LogP contribution in [-0.4, -0.2) is 5.97 Å². The lowest BCUT2D eigenvalue weighted by molar-refractivity contribution is -0.133. The van der Waals surface area contributed by atoms with Gasteiger partial charge in [-0.15, -0.1) is 0 Å². The van der Waals surface area contributed by atoms with Crippen LogP contribution >= 0.6 is 0 Å². The van der Waals surface area contributed by atoms with E-state index in [0.717, 1.165) is 16.7 Å². The minimum absolute atomic E-state index is 0.179. The molecule has 0 spiro atoms. The molecule has 1 atom stereocenters. The fourth-order valence-electron chi connectivity index (χ4n) is 2.38. The SMILES string of the molecule is Cc1cc2c(cc1C)C(c1ccccc1)C(=O)O2. The van der Waals surface area contributed by atoms with Gasteiger partial charge in [-0.2, -0.15) is 0 Å². The van der Waals surface area contributed by atoms with Crippen LogP contribution in [0.3, 0.4) is 0 Å². The molecule has 0 saturated heterocycles. The van der Waals surface area contributed by atoms with E-state index in [4.69, 9.17) is 4.74 Å². The highest BCUT2D eigenvalue weighted by atomic mass is 16.5. The van der Waals surface area contributed by atoms with Gasteiger partial charge in [-0.25, -0.2) is 0 Å². The van der Waals surface area contributed by atoms with Crippen molar-refractivity contribution in [3.63, 3.8) is 0 Å². The van der Waals surface area contributed by atoms with E-state index >= 15 is 0 Å². The standard InChI is InChI=1S/C16H14O2/c1-10-8-13-14(9-11(10)2)18-16(17)15(13)12-6-4-3-5-7-12/h3-9,15H,1-2H3. The molecule has 0 radical (unpaired) electrons. The number of carbonyl (C=O) groups is 1. The molecule has 2 aromatic rings. The summed E-state index contributed by atoms with van der Waals surface area (Å²) < 4.78 is 5.37. The molecular weight excluding hydrogens is 224 g/mol. The van der Waals surface area contributed by atoms with Gasteiger partial charge in [0.1, 0.15) is 11.7 Å². The molecule has 2 aromatic carbocycles. The average molecular weight is 238 g/mol. The number of rotatable bonds is 1. The molecule has 1 aliphatic rings. The van der Waals surface area contributed by atoms with Crippen molar-refractivity contribution in [1.29, 1.82) is 0 Å². The molecule has 1 unspecified atom stereocenters. The van der Waals surface area contributed by atoms with Gasteiger partial charge in [0, 0.05) is 5.56 Å². The van der Waals surface area contributed by atoms with Crippen molar-refractivity contribution in [2.24, 2.45) is 0 Å². The molecular formula is C16H14O2. The molecule has 1 heterocycles. The zero-order valence-corrected chi connectivity index (χ0v) is 10.4. The van der Waals surface area contributed by atoms with Crippen LogP contribution in [0.4, 0.5) is 0 Å². The van der Waals surface area contributed by atoms with Crippen LogP contribution in [0.15, 0.2) is 42.5 Å². The van der Waals surface area contributed by atoms with Crippen LogP contribution in [0.1, 0.15) is 28.2 Å². The molecule has 0 bridgehead atoms. The lowest BCUT2D eigenvalue weighted by Crippen LogP contribution is -2.11. The van der Waals surface area contributed by atoms with E-state index in [1.165, 1.54) is 5.56 Å². The van der Waals surface area contributed by atoms with Gasteiger partial charge in [0.15, 0.2) is 0 Å². The Morgan fingerprint density at radius 3 is 2.39 bits per heavy atom. The molecule has 0 aliphatic carbocycles. The maximum absolute atomic E-state index is 12.0. The van der Waals surface area contributed by atoms with Crippen LogP contribution in [0, 0.1) is 13.8 Å². The van der Waals surface area contributed by atoms with Crippen LogP contribution in [0.25, 0.3) is 0 Å². The Morgan fingerprint density at radius 1 is 1.00 bits per heavy atom. The minimum Gasteiger partial charge on any atom is -0.425 e. The number of hydrogen-bond acceptors (Lipinski definition) is 2. The highest BCUT2D eigenvalue weighted by molar-refractivity contribution is 5.89. The summed E-state index contributed by atoms with van der Waals surface area (Å²) in [6.07, 6.45) is 0.